The van der Waals surface area contributed by atoms with E-state index in [0.29, 0.717) is 28.6 Å². The van der Waals surface area contributed by atoms with Gasteiger partial charge in [-0.15, -0.1) is 10.2 Å². The van der Waals surface area contributed by atoms with Gasteiger partial charge in [0, 0.05) is 30.8 Å². The second kappa shape index (κ2) is 7.74. The Labute approximate surface area is 183 Å². The summed E-state index contributed by atoms with van der Waals surface area (Å²) < 4.78 is 34.8. The fraction of sp³-hybridized carbons (Fsp3) is 0.261. The molecule has 1 aromatic carbocycles. The van der Waals surface area contributed by atoms with E-state index in [9.17, 15) is 13.9 Å². The number of nitrogens with one attached hydrogen (secondary N) is 1. The lowest BCUT2D eigenvalue weighted by molar-refractivity contribution is 0.0529. The van der Waals surface area contributed by atoms with E-state index in [0.717, 1.165) is 5.56 Å². The van der Waals surface area contributed by atoms with E-state index >= 15 is 0 Å². The number of para-hydroxylation sites is 1. The van der Waals surface area contributed by atoms with Crippen molar-refractivity contribution in [2.45, 2.75) is 24.5 Å². The molecule has 4 heterocycles. The Hall–Kier alpha value is -3.75. The Morgan fingerprint density at radius 2 is 2.09 bits per heavy atom. The van der Waals surface area contributed by atoms with E-state index in [4.69, 9.17) is 4.74 Å². The summed E-state index contributed by atoms with van der Waals surface area (Å²) in [6.07, 6.45) is 0.314. The molecule has 9 heteroatoms. The molecule has 2 aliphatic rings. The van der Waals surface area contributed by atoms with E-state index < -0.39 is 18.1 Å². The highest BCUT2D eigenvalue weighted by atomic mass is 19.3. The average Bonchev–Trinajstić information content (AvgIpc) is 3.20. The van der Waals surface area contributed by atoms with Crippen LogP contribution in [0.15, 0.2) is 55.2 Å². The van der Waals surface area contributed by atoms with Gasteiger partial charge in [0.05, 0.1) is 17.9 Å². The molecule has 2 atom stereocenters. The van der Waals surface area contributed by atoms with Crippen molar-refractivity contribution in [3.63, 3.8) is 0 Å². The minimum absolute atomic E-state index is 0.0188. The lowest BCUT2D eigenvalue weighted by atomic mass is 9.93. The number of halogens is 2. The van der Waals surface area contributed by atoms with Crippen LogP contribution in [0.5, 0.6) is 11.6 Å². The molecule has 3 aromatic rings. The van der Waals surface area contributed by atoms with Crippen LogP contribution in [0.3, 0.4) is 0 Å². The summed E-state index contributed by atoms with van der Waals surface area (Å²) in [5.74, 6) is 0.845. The van der Waals surface area contributed by atoms with Crippen LogP contribution < -0.4 is 15.0 Å². The highest BCUT2D eigenvalue weighted by Gasteiger charge is 2.56. The number of pyridine rings is 1. The largest absolute Gasteiger partial charge is 0.507 e. The molecule has 0 aliphatic carbocycles. The van der Waals surface area contributed by atoms with Crippen molar-refractivity contribution in [1.29, 1.82) is 0 Å². The predicted octanol–water partition coefficient (Wildman–Crippen LogP) is 3.97. The highest BCUT2D eigenvalue weighted by Crippen LogP contribution is 2.46. The molecule has 2 aromatic heterocycles. The molecule has 0 amide bonds. The third-order valence-corrected chi connectivity index (χ3v) is 6.00. The summed E-state index contributed by atoms with van der Waals surface area (Å²) in [5.41, 5.74) is 0.788. The molecule has 0 bridgehead atoms. The molecule has 2 aliphatic heterocycles. The zero-order chi connectivity index (χ0) is 22.3. The number of benzene rings is 1. The van der Waals surface area contributed by atoms with Crippen LogP contribution in [0.2, 0.25) is 0 Å². The molecular formula is C23H21F2N5O2. The third-order valence-electron chi connectivity index (χ3n) is 6.00. The van der Waals surface area contributed by atoms with E-state index in [1.54, 1.807) is 53.6 Å². The lowest BCUT2D eigenvalue weighted by Crippen LogP contribution is -2.57. The van der Waals surface area contributed by atoms with Crippen molar-refractivity contribution in [3.8, 4) is 22.9 Å². The van der Waals surface area contributed by atoms with Gasteiger partial charge in [-0.1, -0.05) is 24.8 Å². The first-order valence-corrected chi connectivity index (χ1v) is 10.2. The zero-order valence-electron chi connectivity index (χ0n) is 17.1. The number of hydrogen-bond donors (Lipinski definition) is 2. The quantitative estimate of drug-likeness (QED) is 0.625. The lowest BCUT2D eigenvalue weighted by Gasteiger charge is -2.43. The second-order valence-corrected chi connectivity index (χ2v) is 7.93. The van der Waals surface area contributed by atoms with Crippen LogP contribution in [0.1, 0.15) is 12.0 Å². The molecule has 0 spiro atoms. The smallest absolute Gasteiger partial charge is 0.263 e. The number of ether oxygens (including phenoxy) is 1. The minimum atomic E-state index is -2.62. The van der Waals surface area contributed by atoms with Crippen LogP contribution in [0.25, 0.3) is 17.3 Å². The highest BCUT2D eigenvalue weighted by molar-refractivity contribution is 5.77. The van der Waals surface area contributed by atoms with Crippen LogP contribution in [-0.2, 0) is 0 Å². The number of rotatable bonds is 5. The van der Waals surface area contributed by atoms with Gasteiger partial charge in [-0.25, -0.2) is 13.8 Å². The standard InChI is InChI=1S/C23H21F2N5O2/c1-2-14-7-8-20(26-11-14)32-15-10-23(22(24)25)13-27-21-18(30(23)12-15)9-17(28-29-21)16-5-3-4-6-19(16)31/h2-9,11,15,22,31H,1,10,12-13H2,(H,27,29)/t15-,23-/m1/s1. The molecule has 7 nitrogen and oxygen atoms in total. The van der Waals surface area contributed by atoms with Gasteiger partial charge < -0.3 is 20.1 Å². The molecule has 2 N–H and O–H groups in total. The Morgan fingerprint density at radius 3 is 2.81 bits per heavy atom. The number of alkyl halides is 2. The van der Waals surface area contributed by atoms with Gasteiger partial charge in [-0.3, -0.25) is 0 Å². The first-order valence-electron chi connectivity index (χ1n) is 10.2. The van der Waals surface area contributed by atoms with Gasteiger partial charge in [0.2, 0.25) is 5.88 Å². The fourth-order valence-corrected chi connectivity index (χ4v) is 4.35. The summed E-state index contributed by atoms with van der Waals surface area (Å²) in [5, 5.41) is 21.6. The average molecular weight is 437 g/mol. The number of hydrogen-bond acceptors (Lipinski definition) is 7. The monoisotopic (exact) mass is 437 g/mol. The third kappa shape index (κ3) is 3.30. The molecule has 1 saturated heterocycles. The van der Waals surface area contributed by atoms with Crippen molar-refractivity contribution >= 4 is 17.6 Å². The number of phenols is 1. The van der Waals surface area contributed by atoms with Crippen LogP contribution in [-0.4, -0.2) is 51.4 Å². The van der Waals surface area contributed by atoms with E-state index in [2.05, 4.69) is 27.1 Å². The van der Waals surface area contributed by atoms with Crippen molar-refractivity contribution < 1.29 is 18.6 Å². The maximum absolute atomic E-state index is 14.4. The Balaban J connectivity index is 1.49. The van der Waals surface area contributed by atoms with Crippen LogP contribution in [0.4, 0.5) is 20.3 Å². The van der Waals surface area contributed by atoms with E-state index in [-0.39, 0.29) is 25.3 Å². The number of fused-ring (bicyclic) bond motifs is 3. The van der Waals surface area contributed by atoms with Crippen molar-refractivity contribution in [3.05, 3.63) is 60.8 Å². The van der Waals surface area contributed by atoms with E-state index in [1.165, 1.54) is 0 Å². The van der Waals surface area contributed by atoms with Crippen LogP contribution in [0, 0.1) is 0 Å². The van der Waals surface area contributed by atoms with Gasteiger partial charge in [0.1, 0.15) is 17.4 Å². The number of aromatic hydroxyl groups is 1. The second-order valence-electron chi connectivity index (χ2n) is 7.93. The number of aromatic nitrogens is 3. The van der Waals surface area contributed by atoms with Gasteiger partial charge in [-0.2, -0.15) is 0 Å². The Morgan fingerprint density at radius 1 is 1.25 bits per heavy atom. The topological polar surface area (TPSA) is 83.4 Å². The van der Waals surface area contributed by atoms with Gasteiger partial charge in [-0.05, 0) is 29.8 Å². The molecule has 5 rings (SSSR count). The fourth-order valence-electron chi connectivity index (χ4n) is 4.35. The molecule has 0 saturated carbocycles. The van der Waals surface area contributed by atoms with Crippen LogP contribution >= 0.6 is 0 Å². The summed E-state index contributed by atoms with van der Waals surface area (Å²) >= 11 is 0. The SMILES string of the molecule is C=Cc1ccc(O[C@H]2CN3c4cc(-c5ccccc5O)nnc4NC[C@@]3(C(F)F)C2)nc1. The Bertz CT molecular complexity index is 1160. The number of nitrogens with zero attached hydrogens (tertiary/aromatic N) is 4. The number of phenolic OH excluding ortho intramolecular Hbond substituents is 1. The summed E-state index contributed by atoms with van der Waals surface area (Å²) in [6, 6.07) is 11.9. The Kier molecular flexibility index (Phi) is 4.88. The molecule has 164 valence electrons. The maximum atomic E-state index is 14.4. The first kappa shape index (κ1) is 20.2. The van der Waals surface area contributed by atoms with Crippen molar-refractivity contribution in [2.75, 3.05) is 23.3 Å². The minimum Gasteiger partial charge on any atom is -0.507 e. The molecule has 1 fully saturated rings. The molecular weight excluding hydrogens is 416 g/mol. The summed E-state index contributed by atoms with van der Waals surface area (Å²) in [6.45, 7) is 3.96. The number of anilines is 2. The van der Waals surface area contributed by atoms with E-state index in [1.807, 2.05) is 6.07 Å². The van der Waals surface area contributed by atoms with Gasteiger partial charge in [0.25, 0.3) is 6.43 Å². The van der Waals surface area contributed by atoms with Gasteiger partial charge in [0.15, 0.2) is 5.82 Å². The zero-order valence-corrected chi connectivity index (χ0v) is 17.1. The first-order chi connectivity index (χ1) is 15.5. The summed E-state index contributed by atoms with van der Waals surface area (Å²) in [7, 11) is 0. The summed E-state index contributed by atoms with van der Waals surface area (Å²) in [4.78, 5) is 5.90. The van der Waals surface area contributed by atoms with Crippen molar-refractivity contribution in [1.82, 2.24) is 15.2 Å². The molecule has 0 unspecified atom stereocenters. The predicted molar refractivity (Wildman–Crippen MR) is 117 cm³/mol. The molecule has 32 heavy (non-hydrogen) atoms. The maximum Gasteiger partial charge on any atom is 0.263 e. The van der Waals surface area contributed by atoms with Gasteiger partial charge >= 0.3 is 0 Å². The molecule has 0 radical (unpaired) electrons. The van der Waals surface area contributed by atoms with Crippen molar-refractivity contribution in [2.24, 2.45) is 0 Å². The normalized spacial score (nSPS) is 21.6.